The van der Waals surface area contributed by atoms with Crippen molar-refractivity contribution in [2.45, 2.75) is 27.2 Å². The number of ketones is 1. The first-order valence-electron chi connectivity index (χ1n) is 4.87. The van der Waals surface area contributed by atoms with Crippen molar-refractivity contribution in [3.8, 4) is 5.75 Å². The average molecular weight is 206 g/mol. The minimum absolute atomic E-state index is 0.170. The fraction of sp³-hybridized carbons (Fsp3) is 0.333. The van der Waals surface area contributed by atoms with Crippen LogP contribution in [0.1, 0.15) is 24.5 Å². The molecule has 0 radical (unpaired) electrons. The van der Waals surface area contributed by atoms with Crippen LogP contribution in [0.2, 0.25) is 0 Å². The Hall–Kier alpha value is -1.64. The zero-order valence-corrected chi connectivity index (χ0v) is 9.16. The molecule has 1 aromatic carbocycles. The number of Topliss-reactive ketones (excluding diaryl/α,β-unsaturated/α-hetero) is 1. The molecule has 15 heavy (non-hydrogen) atoms. The van der Waals surface area contributed by atoms with Crippen LogP contribution in [0.3, 0.4) is 0 Å². The zero-order chi connectivity index (χ0) is 11.4. The van der Waals surface area contributed by atoms with Crippen LogP contribution in [-0.4, -0.2) is 11.8 Å². The summed E-state index contributed by atoms with van der Waals surface area (Å²) in [4.78, 5) is 22.3. The standard InChI is InChI=1S/C12H14O3/c1-4-10(13)12(14)15-11-7-8(2)5-6-9(11)3/h5-7H,4H2,1-3H3. The molecule has 0 saturated carbocycles. The van der Waals surface area contributed by atoms with Crippen molar-refractivity contribution in [2.75, 3.05) is 0 Å². The van der Waals surface area contributed by atoms with Crippen molar-refractivity contribution in [2.24, 2.45) is 0 Å². The van der Waals surface area contributed by atoms with E-state index in [4.69, 9.17) is 4.74 Å². The second-order valence-corrected chi connectivity index (χ2v) is 3.44. The van der Waals surface area contributed by atoms with Crippen LogP contribution in [0, 0.1) is 13.8 Å². The highest BCUT2D eigenvalue weighted by atomic mass is 16.5. The minimum atomic E-state index is -0.786. The third-order valence-corrected chi connectivity index (χ3v) is 2.10. The van der Waals surface area contributed by atoms with E-state index in [2.05, 4.69) is 0 Å². The molecule has 3 nitrogen and oxygen atoms in total. The summed E-state index contributed by atoms with van der Waals surface area (Å²) >= 11 is 0. The molecule has 0 aromatic heterocycles. The van der Waals surface area contributed by atoms with E-state index in [0.29, 0.717) is 5.75 Å². The van der Waals surface area contributed by atoms with E-state index in [9.17, 15) is 9.59 Å². The Bertz CT molecular complexity index is 394. The van der Waals surface area contributed by atoms with E-state index in [1.165, 1.54) is 0 Å². The van der Waals surface area contributed by atoms with E-state index < -0.39 is 11.8 Å². The molecule has 0 bridgehead atoms. The van der Waals surface area contributed by atoms with Crippen LogP contribution < -0.4 is 4.74 Å². The first kappa shape index (κ1) is 11.4. The summed E-state index contributed by atoms with van der Waals surface area (Å²) in [5.74, 6) is -0.830. The number of ether oxygens (including phenoxy) is 1. The van der Waals surface area contributed by atoms with Gasteiger partial charge < -0.3 is 4.74 Å². The SMILES string of the molecule is CCC(=O)C(=O)Oc1cc(C)ccc1C. The maximum atomic E-state index is 11.2. The summed E-state index contributed by atoms with van der Waals surface area (Å²) in [5.41, 5.74) is 1.84. The molecule has 80 valence electrons. The maximum Gasteiger partial charge on any atom is 0.379 e. The number of hydrogen-bond donors (Lipinski definition) is 0. The molecule has 3 heteroatoms. The lowest BCUT2D eigenvalue weighted by Crippen LogP contribution is -2.19. The molecular weight excluding hydrogens is 192 g/mol. The van der Waals surface area contributed by atoms with Gasteiger partial charge in [-0.05, 0) is 31.0 Å². The summed E-state index contributed by atoms with van der Waals surface area (Å²) in [7, 11) is 0. The van der Waals surface area contributed by atoms with Crippen LogP contribution in [0.25, 0.3) is 0 Å². The molecule has 1 aromatic rings. The predicted molar refractivity (Wildman–Crippen MR) is 56.8 cm³/mol. The Morgan fingerprint density at radius 3 is 2.53 bits per heavy atom. The fourth-order valence-corrected chi connectivity index (χ4v) is 1.12. The molecule has 0 spiro atoms. The van der Waals surface area contributed by atoms with Gasteiger partial charge in [-0.15, -0.1) is 0 Å². The molecule has 0 aliphatic carbocycles. The van der Waals surface area contributed by atoms with E-state index >= 15 is 0 Å². The van der Waals surface area contributed by atoms with Gasteiger partial charge in [-0.1, -0.05) is 19.1 Å². The number of carbonyl (C=O) groups is 2. The van der Waals surface area contributed by atoms with Crippen molar-refractivity contribution >= 4 is 11.8 Å². The van der Waals surface area contributed by atoms with Gasteiger partial charge >= 0.3 is 5.97 Å². The van der Waals surface area contributed by atoms with Crippen LogP contribution >= 0.6 is 0 Å². The Kier molecular flexibility index (Phi) is 3.61. The third kappa shape index (κ3) is 2.91. The summed E-state index contributed by atoms with van der Waals surface area (Å²) in [5, 5.41) is 0. The minimum Gasteiger partial charge on any atom is -0.421 e. The highest BCUT2D eigenvalue weighted by Gasteiger charge is 2.14. The van der Waals surface area contributed by atoms with Crippen molar-refractivity contribution in [3.05, 3.63) is 29.3 Å². The Labute approximate surface area is 89.1 Å². The number of carbonyl (C=O) groups excluding carboxylic acids is 2. The van der Waals surface area contributed by atoms with Crippen LogP contribution in [0.15, 0.2) is 18.2 Å². The van der Waals surface area contributed by atoms with Crippen LogP contribution in [-0.2, 0) is 9.59 Å². The number of aryl methyl sites for hydroxylation is 2. The third-order valence-electron chi connectivity index (χ3n) is 2.10. The quantitative estimate of drug-likeness (QED) is 0.432. The summed E-state index contributed by atoms with van der Waals surface area (Å²) in [6.07, 6.45) is 0.170. The number of rotatable bonds is 3. The van der Waals surface area contributed by atoms with E-state index in [-0.39, 0.29) is 6.42 Å². The molecule has 0 atom stereocenters. The summed E-state index contributed by atoms with van der Waals surface area (Å²) < 4.78 is 4.99. The first-order chi connectivity index (χ1) is 7.04. The zero-order valence-electron chi connectivity index (χ0n) is 9.16. The van der Waals surface area contributed by atoms with Gasteiger partial charge in [-0.25, -0.2) is 4.79 Å². The molecule has 0 aliphatic rings. The van der Waals surface area contributed by atoms with Crippen LogP contribution in [0.5, 0.6) is 5.75 Å². The Balaban J connectivity index is 2.85. The van der Waals surface area contributed by atoms with E-state index in [0.717, 1.165) is 11.1 Å². The van der Waals surface area contributed by atoms with Gasteiger partial charge in [0.05, 0.1) is 0 Å². The lowest BCUT2D eigenvalue weighted by atomic mass is 10.1. The highest BCUT2D eigenvalue weighted by Crippen LogP contribution is 2.19. The topological polar surface area (TPSA) is 43.4 Å². The van der Waals surface area contributed by atoms with Gasteiger partial charge in [0.2, 0.25) is 5.78 Å². The Morgan fingerprint density at radius 1 is 1.27 bits per heavy atom. The molecule has 0 unspecified atom stereocenters. The Morgan fingerprint density at radius 2 is 1.93 bits per heavy atom. The van der Waals surface area contributed by atoms with Crippen molar-refractivity contribution < 1.29 is 14.3 Å². The molecule has 1 rings (SSSR count). The molecule has 0 saturated heterocycles. The lowest BCUT2D eigenvalue weighted by Gasteiger charge is -2.06. The van der Waals surface area contributed by atoms with Crippen molar-refractivity contribution in [1.82, 2.24) is 0 Å². The maximum absolute atomic E-state index is 11.2. The predicted octanol–water partition coefficient (Wildman–Crippen LogP) is 2.19. The van der Waals surface area contributed by atoms with Gasteiger partial charge in [-0.2, -0.15) is 0 Å². The van der Waals surface area contributed by atoms with Gasteiger partial charge in [0.25, 0.3) is 0 Å². The smallest absolute Gasteiger partial charge is 0.379 e. The van der Waals surface area contributed by atoms with E-state index in [1.807, 2.05) is 26.0 Å². The molecule has 0 N–H and O–H groups in total. The molecule has 0 amide bonds. The lowest BCUT2D eigenvalue weighted by molar-refractivity contribution is -0.146. The normalized spacial score (nSPS) is 9.80. The first-order valence-corrected chi connectivity index (χ1v) is 4.87. The largest absolute Gasteiger partial charge is 0.421 e. The van der Waals surface area contributed by atoms with Gasteiger partial charge in [0.1, 0.15) is 5.75 Å². The number of benzene rings is 1. The monoisotopic (exact) mass is 206 g/mol. The average Bonchev–Trinajstić information content (AvgIpc) is 2.22. The molecule has 0 heterocycles. The number of hydrogen-bond acceptors (Lipinski definition) is 3. The molecule has 0 aliphatic heterocycles. The second-order valence-electron chi connectivity index (χ2n) is 3.44. The highest BCUT2D eigenvalue weighted by molar-refractivity contribution is 6.34. The van der Waals surface area contributed by atoms with Gasteiger partial charge in [0, 0.05) is 6.42 Å². The molecular formula is C12H14O3. The van der Waals surface area contributed by atoms with Crippen molar-refractivity contribution in [3.63, 3.8) is 0 Å². The fourth-order valence-electron chi connectivity index (χ4n) is 1.12. The van der Waals surface area contributed by atoms with Crippen molar-refractivity contribution in [1.29, 1.82) is 0 Å². The van der Waals surface area contributed by atoms with Gasteiger partial charge in [0.15, 0.2) is 0 Å². The van der Waals surface area contributed by atoms with Gasteiger partial charge in [-0.3, -0.25) is 4.79 Å². The second kappa shape index (κ2) is 4.73. The number of esters is 1. The molecule has 0 fully saturated rings. The summed E-state index contributed by atoms with van der Waals surface area (Å²) in [6.45, 7) is 5.36. The summed E-state index contributed by atoms with van der Waals surface area (Å²) in [6, 6.07) is 5.53. The van der Waals surface area contributed by atoms with E-state index in [1.54, 1.807) is 13.0 Å². The van der Waals surface area contributed by atoms with Crippen LogP contribution in [0.4, 0.5) is 0 Å².